The standard InChI is InChI=1S/C54H33N11/c1-33-9-3-4-10-38(33)43-31-50(65-47-17-13-36(53-60-23-7-24-61-53)29-41(47)42-30-37(14-18-48(42)65)54-62-25-8-26-63-54)44(55-2)32-49(43)64-45-15-11-34(51-56-19-5-20-57-51)27-39(45)40-28-35(12-16-46(40)64)52-58-21-6-22-59-52/h3-32H,1H3. The van der Waals surface area contributed by atoms with Gasteiger partial charge in [0.25, 0.3) is 0 Å². The van der Waals surface area contributed by atoms with Gasteiger partial charge >= 0.3 is 0 Å². The van der Waals surface area contributed by atoms with Crippen LogP contribution in [0.15, 0.2) is 183 Å². The first-order chi connectivity index (χ1) is 32.1. The van der Waals surface area contributed by atoms with Crippen LogP contribution in [0.5, 0.6) is 0 Å². The number of fused-ring (bicyclic) bond motifs is 6. The molecule has 11 nitrogen and oxygen atoms in total. The molecule has 6 heterocycles. The van der Waals surface area contributed by atoms with Crippen molar-refractivity contribution in [2.24, 2.45) is 0 Å². The average molecular weight is 836 g/mol. The number of hydrogen-bond donors (Lipinski definition) is 0. The normalized spacial score (nSPS) is 11.4. The van der Waals surface area contributed by atoms with Crippen molar-refractivity contribution in [2.45, 2.75) is 6.92 Å². The van der Waals surface area contributed by atoms with Crippen LogP contribution in [0.2, 0.25) is 0 Å². The quantitative estimate of drug-likeness (QED) is 0.146. The zero-order valence-corrected chi connectivity index (χ0v) is 34.7. The van der Waals surface area contributed by atoms with Crippen molar-refractivity contribution in [3.8, 4) is 68.1 Å². The summed E-state index contributed by atoms with van der Waals surface area (Å²) < 4.78 is 4.49. The van der Waals surface area contributed by atoms with Crippen molar-refractivity contribution < 1.29 is 0 Å². The molecule has 0 saturated heterocycles. The van der Waals surface area contributed by atoms with Gasteiger partial charge in [0, 0.05) is 105 Å². The van der Waals surface area contributed by atoms with Crippen molar-refractivity contribution in [3.63, 3.8) is 0 Å². The molecule has 12 aromatic rings. The van der Waals surface area contributed by atoms with Crippen molar-refractivity contribution >= 4 is 49.3 Å². The summed E-state index contributed by atoms with van der Waals surface area (Å²) in [7, 11) is 0. The van der Waals surface area contributed by atoms with Crippen LogP contribution in [0.1, 0.15) is 5.56 Å². The summed E-state index contributed by atoms with van der Waals surface area (Å²) in [6.07, 6.45) is 14.0. The van der Waals surface area contributed by atoms with Gasteiger partial charge in [-0.25, -0.2) is 44.7 Å². The molecule has 0 aliphatic carbocycles. The van der Waals surface area contributed by atoms with E-state index in [0.717, 1.165) is 93.9 Å². The fourth-order valence-corrected chi connectivity index (χ4v) is 9.02. The number of aromatic nitrogens is 10. The van der Waals surface area contributed by atoms with Crippen LogP contribution in [0.4, 0.5) is 5.69 Å². The van der Waals surface area contributed by atoms with Gasteiger partial charge in [-0.1, -0.05) is 24.3 Å². The van der Waals surface area contributed by atoms with E-state index in [9.17, 15) is 0 Å². The molecule has 0 bridgehead atoms. The summed E-state index contributed by atoms with van der Waals surface area (Å²) >= 11 is 0. The number of benzene rings is 6. The maximum absolute atomic E-state index is 8.85. The molecule has 0 fully saturated rings. The number of hydrogen-bond acceptors (Lipinski definition) is 8. The molecule has 65 heavy (non-hydrogen) atoms. The highest BCUT2D eigenvalue weighted by Gasteiger charge is 2.24. The minimum Gasteiger partial charge on any atom is -0.319 e. The molecular weight excluding hydrogens is 803 g/mol. The predicted octanol–water partition coefficient (Wildman–Crippen LogP) is 12.2. The SMILES string of the molecule is [C-]#[N+]c1cc(-n2c3ccc(-c4ncccn4)cc3c3cc(-c4ncccn4)ccc32)c(-c2ccccc2C)cc1-n1c2ccc(-c3ncccn3)cc2c2cc(-c3ncccn3)ccc21. The first kappa shape index (κ1) is 37.5. The summed E-state index contributed by atoms with van der Waals surface area (Å²) in [5, 5.41) is 3.98. The van der Waals surface area contributed by atoms with Gasteiger partial charge in [-0.3, -0.25) is 0 Å². The molecule has 0 radical (unpaired) electrons. The second-order valence-electron chi connectivity index (χ2n) is 15.7. The summed E-state index contributed by atoms with van der Waals surface area (Å²) in [6.45, 7) is 11.0. The maximum atomic E-state index is 8.85. The minimum atomic E-state index is 0.487. The molecular formula is C54H33N11. The Hall–Kier alpha value is -9.27. The minimum absolute atomic E-state index is 0.487. The Morgan fingerprint density at radius 2 is 0.723 bits per heavy atom. The maximum Gasteiger partial charge on any atom is 0.212 e. The Morgan fingerprint density at radius 3 is 1.08 bits per heavy atom. The van der Waals surface area contributed by atoms with Crippen LogP contribution in [0, 0.1) is 13.5 Å². The molecule has 11 heteroatoms. The van der Waals surface area contributed by atoms with E-state index in [1.807, 2.05) is 42.5 Å². The highest BCUT2D eigenvalue weighted by Crippen LogP contribution is 2.45. The second kappa shape index (κ2) is 15.3. The molecule has 6 aromatic heterocycles. The van der Waals surface area contributed by atoms with Crippen molar-refractivity contribution in [3.05, 3.63) is 200 Å². The Balaban J connectivity index is 1.15. The van der Waals surface area contributed by atoms with Crippen LogP contribution in [0.25, 0.3) is 117 Å². The molecule has 0 atom stereocenters. The lowest BCUT2D eigenvalue weighted by Gasteiger charge is -2.20. The van der Waals surface area contributed by atoms with Crippen molar-refractivity contribution in [1.82, 2.24) is 49.0 Å². The Labute approximate surface area is 371 Å². The van der Waals surface area contributed by atoms with Crippen molar-refractivity contribution in [1.29, 1.82) is 0 Å². The number of nitrogens with zero attached hydrogens (tertiary/aromatic N) is 11. The number of aryl methyl sites for hydroxylation is 1. The zero-order valence-electron chi connectivity index (χ0n) is 34.7. The lowest BCUT2D eigenvalue weighted by atomic mass is 9.97. The van der Waals surface area contributed by atoms with Gasteiger partial charge in [0.15, 0.2) is 23.3 Å². The van der Waals surface area contributed by atoms with E-state index in [1.165, 1.54) is 0 Å². The summed E-state index contributed by atoms with van der Waals surface area (Å²) in [5.41, 5.74) is 12.6. The molecule has 6 aromatic carbocycles. The van der Waals surface area contributed by atoms with E-state index in [4.69, 9.17) is 6.57 Å². The second-order valence-corrected chi connectivity index (χ2v) is 15.7. The van der Waals surface area contributed by atoms with Gasteiger partial charge in [0.05, 0.1) is 34.3 Å². The Morgan fingerprint density at radius 1 is 0.369 bits per heavy atom. The highest BCUT2D eigenvalue weighted by molar-refractivity contribution is 6.14. The first-order valence-corrected chi connectivity index (χ1v) is 21.0. The van der Waals surface area contributed by atoms with Gasteiger partial charge in [-0.15, -0.1) is 0 Å². The zero-order chi connectivity index (χ0) is 43.4. The van der Waals surface area contributed by atoms with Crippen LogP contribution in [-0.2, 0) is 0 Å². The lowest BCUT2D eigenvalue weighted by Crippen LogP contribution is -2.02. The summed E-state index contributed by atoms with van der Waals surface area (Å²) in [6, 6.07) is 45.1. The molecule has 0 spiro atoms. The van der Waals surface area contributed by atoms with Crippen LogP contribution < -0.4 is 0 Å². The fraction of sp³-hybridized carbons (Fsp3) is 0.0185. The van der Waals surface area contributed by atoms with Crippen LogP contribution >= 0.6 is 0 Å². The molecule has 0 aliphatic heterocycles. The van der Waals surface area contributed by atoms with E-state index in [0.29, 0.717) is 29.0 Å². The Kier molecular flexibility index (Phi) is 8.81. The molecule has 304 valence electrons. The topological polar surface area (TPSA) is 117 Å². The molecule has 0 unspecified atom stereocenters. The monoisotopic (exact) mass is 835 g/mol. The smallest absolute Gasteiger partial charge is 0.212 e. The summed E-state index contributed by atoms with van der Waals surface area (Å²) in [4.78, 5) is 40.9. The van der Waals surface area contributed by atoms with Crippen molar-refractivity contribution in [2.75, 3.05) is 0 Å². The van der Waals surface area contributed by atoms with Crippen LogP contribution in [-0.4, -0.2) is 49.0 Å². The predicted molar refractivity (Wildman–Crippen MR) is 256 cm³/mol. The average Bonchev–Trinajstić information content (AvgIpc) is 3.88. The third kappa shape index (κ3) is 6.27. The molecule has 0 saturated carbocycles. The van der Waals surface area contributed by atoms with Crippen LogP contribution in [0.3, 0.4) is 0 Å². The van der Waals surface area contributed by atoms with E-state index >= 15 is 0 Å². The fourth-order valence-electron chi connectivity index (χ4n) is 9.02. The van der Waals surface area contributed by atoms with Gasteiger partial charge in [0.1, 0.15) is 0 Å². The molecule has 0 amide bonds. The molecule has 0 aliphatic rings. The largest absolute Gasteiger partial charge is 0.319 e. The van der Waals surface area contributed by atoms with E-state index < -0.39 is 0 Å². The Bertz CT molecular complexity index is 3650. The number of rotatable bonds is 7. The molecule has 12 rings (SSSR count). The van der Waals surface area contributed by atoms with E-state index in [1.54, 1.807) is 49.6 Å². The van der Waals surface area contributed by atoms with E-state index in [-0.39, 0.29) is 0 Å². The highest BCUT2D eigenvalue weighted by atomic mass is 15.0. The van der Waals surface area contributed by atoms with E-state index in [2.05, 4.69) is 152 Å². The summed E-state index contributed by atoms with van der Waals surface area (Å²) in [5.74, 6) is 2.53. The van der Waals surface area contributed by atoms with Gasteiger partial charge in [-0.05, 0) is 127 Å². The van der Waals surface area contributed by atoms with Gasteiger partial charge in [0.2, 0.25) is 5.69 Å². The van der Waals surface area contributed by atoms with Gasteiger partial charge in [-0.2, -0.15) is 0 Å². The third-order valence-electron chi connectivity index (χ3n) is 12.0. The lowest BCUT2D eigenvalue weighted by molar-refractivity contribution is 1.15. The first-order valence-electron chi connectivity index (χ1n) is 21.0. The third-order valence-corrected chi connectivity index (χ3v) is 12.0. The van der Waals surface area contributed by atoms with Gasteiger partial charge < -0.3 is 9.13 Å². The molecule has 0 N–H and O–H groups in total.